The highest BCUT2D eigenvalue weighted by Crippen LogP contribution is 2.17. The summed E-state index contributed by atoms with van der Waals surface area (Å²) in [4.78, 5) is 0. The molecule has 1 aromatic carbocycles. The van der Waals surface area contributed by atoms with Crippen molar-refractivity contribution in [1.29, 1.82) is 0 Å². The van der Waals surface area contributed by atoms with E-state index in [1.165, 1.54) is 6.42 Å². The van der Waals surface area contributed by atoms with E-state index >= 15 is 0 Å². The minimum absolute atomic E-state index is 0.431. The number of rotatable bonds is 3. The Labute approximate surface area is 80.4 Å². The van der Waals surface area contributed by atoms with Gasteiger partial charge < -0.3 is 5.11 Å². The summed E-state index contributed by atoms with van der Waals surface area (Å²) in [6.07, 6.45) is 11.3. The van der Waals surface area contributed by atoms with Gasteiger partial charge in [0.25, 0.3) is 0 Å². The topological polar surface area (TPSA) is 20.2 Å². The molecule has 1 aromatic rings. The third kappa shape index (κ3) is 4.22. The fourth-order valence-corrected chi connectivity index (χ4v) is 1.09. The molecule has 0 amide bonds. The fraction of sp³-hybridized carbons (Fsp3) is 0.333. The Morgan fingerprint density at radius 2 is 1.85 bits per heavy atom. The number of terminal acetylenes is 1. The fourth-order valence-electron chi connectivity index (χ4n) is 1.09. The number of para-hydroxylation sites is 1. The predicted molar refractivity (Wildman–Crippen MR) is 56.6 cm³/mol. The molecule has 13 heavy (non-hydrogen) atoms. The van der Waals surface area contributed by atoms with Crippen LogP contribution in [0, 0.1) is 12.8 Å². The van der Waals surface area contributed by atoms with Gasteiger partial charge in [-0.1, -0.05) is 31.5 Å². The molecule has 1 rings (SSSR count). The molecule has 0 spiro atoms. The molecule has 0 aromatic heterocycles. The van der Waals surface area contributed by atoms with Crippen molar-refractivity contribution in [2.45, 2.75) is 26.2 Å². The van der Waals surface area contributed by atoms with Crippen LogP contribution >= 0.6 is 0 Å². The number of phenols is 1. The Hall–Kier alpha value is -1.42. The Morgan fingerprint density at radius 1 is 1.23 bits per heavy atom. The van der Waals surface area contributed by atoms with Gasteiger partial charge in [0, 0.05) is 0 Å². The minimum Gasteiger partial charge on any atom is -0.508 e. The number of hydrogen-bond donors (Lipinski definition) is 1. The molecule has 0 aliphatic rings. The molecule has 0 atom stereocenters. The number of unbranched alkanes of at least 4 members (excludes halogenated alkanes) is 1. The molecule has 70 valence electrons. The Kier molecular flexibility index (Phi) is 6.45. The van der Waals surface area contributed by atoms with Crippen molar-refractivity contribution in [2.24, 2.45) is 0 Å². The molecule has 0 saturated heterocycles. The molecular weight excluding hydrogens is 160 g/mol. The van der Waals surface area contributed by atoms with Gasteiger partial charge in [-0.25, -0.2) is 0 Å². The minimum atomic E-state index is 0.431. The largest absolute Gasteiger partial charge is 0.508 e. The van der Waals surface area contributed by atoms with Crippen LogP contribution in [0.2, 0.25) is 0 Å². The lowest BCUT2D eigenvalue weighted by atomic mass is 10.1. The van der Waals surface area contributed by atoms with Gasteiger partial charge in [0.1, 0.15) is 5.75 Å². The average Bonchev–Trinajstić information content (AvgIpc) is 2.20. The first-order valence-electron chi connectivity index (χ1n) is 4.44. The zero-order valence-corrected chi connectivity index (χ0v) is 8.03. The van der Waals surface area contributed by atoms with Crippen LogP contribution < -0.4 is 0 Å². The molecular formula is C12H16O. The third-order valence-corrected chi connectivity index (χ3v) is 1.79. The van der Waals surface area contributed by atoms with Gasteiger partial charge in [0.05, 0.1) is 0 Å². The summed E-state index contributed by atoms with van der Waals surface area (Å²) in [5.41, 5.74) is 1.06. The zero-order valence-electron chi connectivity index (χ0n) is 8.03. The van der Waals surface area contributed by atoms with Crippen molar-refractivity contribution in [3.8, 4) is 18.6 Å². The quantitative estimate of drug-likeness (QED) is 0.702. The molecule has 0 saturated carbocycles. The molecule has 0 heterocycles. The first-order chi connectivity index (χ1) is 6.34. The van der Waals surface area contributed by atoms with Gasteiger partial charge in [-0.15, -0.1) is 12.8 Å². The van der Waals surface area contributed by atoms with Crippen LogP contribution in [0.3, 0.4) is 0 Å². The van der Waals surface area contributed by atoms with Crippen molar-refractivity contribution in [2.75, 3.05) is 0 Å². The molecule has 0 radical (unpaired) electrons. The third-order valence-electron chi connectivity index (χ3n) is 1.79. The van der Waals surface area contributed by atoms with E-state index < -0.39 is 0 Å². The normalized spacial score (nSPS) is 8.54. The number of hydrogen-bond acceptors (Lipinski definition) is 1. The van der Waals surface area contributed by atoms with Gasteiger partial charge in [0.15, 0.2) is 0 Å². The van der Waals surface area contributed by atoms with E-state index in [4.69, 9.17) is 0 Å². The lowest BCUT2D eigenvalue weighted by molar-refractivity contribution is 0.467. The lowest BCUT2D eigenvalue weighted by Gasteiger charge is -2.01. The van der Waals surface area contributed by atoms with Crippen molar-refractivity contribution < 1.29 is 5.11 Å². The second-order valence-corrected chi connectivity index (χ2v) is 2.73. The van der Waals surface area contributed by atoms with E-state index in [-0.39, 0.29) is 0 Å². The first-order valence-corrected chi connectivity index (χ1v) is 4.44. The molecule has 0 aliphatic heterocycles. The van der Waals surface area contributed by atoms with E-state index in [1.54, 1.807) is 6.07 Å². The van der Waals surface area contributed by atoms with Crippen molar-refractivity contribution in [3.63, 3.8) is 0 Å². The van der Waals surface area contributed by atoms with Crippen LogP contribution in [0.15, 0.2) is 24.3 Å². The Balaban J connectivity index is 0.000000671. The maximum Gasteiger partial charge on any atom is 0.118 e. The van der Waals surface area contributed by atoms with Gasteiger partial charge in [-0.2, -0.15) is 0 Å². The first kappa shape index (κ1) is 11.6. The molecule has 1 nitrogen and oxygen atoms in total. The van der Waals surface area contributed by atoms with Gasteiger partial charge in [-0.3, -0.25) is 0 Å². The van der Waals surface area contributed by atoms with Crippen LogP contribution in [-0.4, -0.2) is 5.11 Å². The smallest absolute Gasteiger partial charge is 0.118 e. The van der Waals surface area contributed by atoms with Crippen LogP contribution in [0.25, 0.3) is 0 Å². The molecule has 1 N–H and O–H groups in total. The molecule has 1 heteroatoms. The lowest BCUT2D eigenvalue weighted by Crippen LogP contribution is -1.83. The standard InChI is InChI=1S/C10H14O.C2H2/c1-2-3-6-9-7-4-5-8-10(9)11;1-2/h4-5,7-8,11H,2-3,6H2,1H3;1-2H. The predicted octanol–water partition coefficient (Wildman–Crippen LogP) is 2.98. The summed E-state index contributed by atoms with van der Waals surface area (Å²) in [6.45, 7) is 2.15. The van der Waals surface area contributed by atoms with Gasteiger partial charge >= 0.3 is 0 Å². The van der Waals surface area contributed by atoms with Gasteiger partial charge in [-0.05, 0) is 24.5 Å². The summed E-state index contributed by atoms with van der Waals surface area (Å²) >= 11 is 0. The summed E-state index contributed by atoms with van der Waals surface area (Å²) < 4.78 is 0. The SMILES string of the molecule is C#C.CCCCc1ccccc1O. The van der Waals surface area contributed by atoms with Crippen LogP contribution in [0.1, 0.15) is 25.3 Å². The number of aromatic hydroxyl groups is 1. The number of benzene rings is 1. The highest BCUT2D eigenvalue weighted by Gasteiger charge is 1.96. The second kappa shape index (κ2) is 7.24. The monoisotopic (exact) mass is 176 g/mol. The van der Waals surface area contributed by atoms with E-state index in [2.05, 4.69) is 19.8 Å². The van der Waals surface area contributed by atoms with Crippen molar-refractivity contribution >= 4 is 0 Å². The molecule has 0 bridgehead atoms. The van der Waals surface area contributed by atoms with Crippen LogP contribution in [0.5, 0.6) is 5.75 Å². The summed E-state index contributed by atoms with van der Waals surface area (Å²) in [5, 5.41) is 9.34. The highest BCUT2D eigenvalue weighted by atomic mass is 16.3. The van der Waals surface area contributed by atoms with E-state index in [1.807, 2.05) is 18.2 Å². The van der Waals surface area contributed by atoms with Crippen LogP contribution in [0.4, 0.5) is 0 Å². The maximum atomic E-state index is 9.34. The summed E-state index contributed by atoms with van der Waals surface area (Å²) in [7, 11) is 0. The van der Waals surface area contributed by atoms with Crippen LogP contribution in [-0.2, 0) is 6.42 Å². The molecule has 0 fully saturated rings. The molecule has 0 aliphatic carbocycles. The summed E-state index contributed by atoms with van der Waals surface area (Å²) in [6, 6.07) is 7.53. The number of aryl methyl sites for hydroxylation is 1. The van der Waals surface area contributed by atoms with E-state index in [0.717, 1.165) is 18.4 Å². The highest BCUT2D eigenvalue weighted by molar-refractivity contribution is 5.31. The van der Waals surface area contributed by atoms with Crippen molar-refractivity contribution in [1.82, 2.24) is 0 Å². The second-order valence-electron chi connectivity index (χ2n) is 2.73. The average molecular weight is 176 g/mol. The molecule has 0 unspecified atom stereocenters. The van der Waals surface area contributed by atoms with Crippen molar-refractivity contribution in [3.05, 3.63) is 29.8 Å². The zero-order chi connectivity index (χ0) is 10.1. The van der Waals surface area contributed by atoms with Gasteiger partial charge in [0.2, 0.25) is 0 Å². The number of phenolic OH excluding ortho intramolecular Hbond substituents is 1. The van der Waals surface area contributed by atoms with E-state index in [0.29, 0.717) is 5.75 Å². The summed E-state index contributed by atoms with van der Waals surface area (Å²) in [5.74, 6) is 0.431. The Bertz CT molecular complexity index is 250. The maximum absolute atomic E-state index is 9.34. The van der Waals surface area contributed by atoms with E-state index in [9.17, 15) is 5.11 Å². The Morgan fingerprint density at radius 3 is 2.38 bits per heavy atom.